The zero-order valence-corrected chi connectivity index (χ0v) is 16.1. The van der Waals surface area contributed by atoms with E-state index in [1.54, 1.807) is 49.1 Å². The Kier molecular flexibility index (Phi) is 4.87. The van der Waals surface area contributed by atoms with Gasteiger partial charge in [-0.2, -0.15) is 9.13 Å². The third-order valence-electron chi connectivity index (χ3n) is 4.48. The van der Waals surface area contributed by atoms with Crippen LogP contribution >= 0.6 is 0 Å². The molecule has 0 bridgehead atoms. The number of rotatable bonds is 4. The third kappa shape index (κ3) is 3.20. The minimum Gasteiger partial charge on any atom is -0.499 e. The van der Waals surface area contributed by atoms with Crippen LogP contribution in [0.4, 0.5) is 11.4 Å². The van der Waals surface area contributed by atoms with Gasteiger partial charge in [0.15, 0.2) is 24.8 Å². The Labute approximate surface area is 162 Å². The number of nitrogens with zero attached hydrogens (tertiary/aromatic N) is 4. The van der Waals surface area contributed by atoms with Gasteiger partial charge < -0.3 is 20.0 Å². The van der Waals surface area contributed by atoms with Crippen LogP contribution in [-0.4, -0.2) is 50.0 Å². The summed E-state index contributed by atoms with van der Waals surface area (Å²) in [6, 6.07) is 6.90. The average molecular weight is 382 g/mol. The minimum atomic E-state index is -0.834. The van der Waals surface area contributed by atoms with Gasteiger partial charge in [0.25, 0.3) is 0 Å². The number of carbonyl (C=O) groups excluding carboxylic acids is 2. The number of hydrogen-bond acceptors (Lipinski definition) is 6. The molecule has 0 spiro atoms. The third-order valence-corrected chi connectivity index (χ3v) is 4.48. The van der Waals surface area contributed by atoms with Crippen molar-refractivity contribution < 1.29 is 28.9 Å². The van der Waals surface area contributed by atoms with Gasteiger partial charge in [0.1, 0.15) is 0 Å². The van der Waals surface area contributed by atoms with E-state index < -0.39 is 23.1 Å². The van der Waals surface area contributed by atoms with Crippen molar-refractivity contribution in [2.45, 2.75) is 0 Å². The van der Waals surface area contributed by atoms with E-state index in [2.05, 4.69) is 0 Å². The Morgan fingerprint density at radius 3 is 1.18 bits per heavy atom. The summed E-state index contributed by atoms with van der Waals surface area (Å²) in [5.41, 5.74) is 1.18. The minimum absolute atomic E-state index is 0.290. The van der Waals surface area contributed by atoms with E-state index in [0.717, 1.165) is 11.4 Å². The summed E-state index contributed by atoms with van der Waals surface area (Å²) >= 11 is 0. The van der Waals surface area contributed by atoms with Crippen LogP contribution < -0.4 is 18.9 Å². The molecule has 8 nitrogen and oxygen atoms in total. The quantitative estimate of drug-likeness (QED) is 0.598. The number of aliphatic hydroxyl groups excluding tert-OH is 2. The van der Waals surface area contributed by atoms with Crippen molar-refractivity contribution in [2.75, 3.05) is 38.0 Å². The van der Waals surface area contributed by atoms with Crippen LogP contribution in [0.1, 0.15) is 0 Å². The standard InChI is InChI=1S/C20H20N4O4/c1-21(2)13-5-9-23(10-6-13)15-17(25)19(27)16(20(28)18(15)26)24-11-7-14(8-12-24)22(3)4/h5-12H,1-4H3/p+2. The largest absolute Gasteiger partial charge is 0.499 e. The number of anilines is 2. The summed E-state index contributed by atoms with van der Waals surface area (Å²) in [6.07, 6.45) is 6.18. The van der Waals surface area contributed by atoms with Gasteiger partial charge >= 0.3 is 23.0 Å². The van der Waals surface area contributed by atoms with Gasteiger partial charge in [0, 0.05) is 63.8 Å². The van der Waals surface area contributed by atoms with Gasteiger partial charge in [0.2, 0.25) is 11.5 Å². The average Bonchev–Trinajstić information content (AvgIpc) is 2.67. The highest BCUT2D eigenvalue weighted by atomic mass is 16.3. The smallest absolute Gasteiger partial charge is 0.309 e. The molecule has 3 rings (SSSR count). The molecular formula is C20H22N4O4+2. The number of allylic oxidation sites excluding steroid dienone is 2. The fourth-order valence-corrected chi connectivity index (χ4v) is 2.87. The maximum absolute atomic E-state index is 12.7. The molecule has 2 N–H and O–H groups in total. The van der Waals surface area contributed by atoms with Gasteiger partial charge in [-0.25, -0.2) is 0 Å². The number of aliphatic hydroxyl groups is 2. The van der Waals surface area contributed by atoms with Crippen molar-refractivity contribution in [3.05, 3.63) is 60.6 Å². The van der Waals surface area contributed by atoms with Crippen LogP contribution in [0.25, 0.3) is 11.4 Å². The van der Waals surface area contributed by atoms with Crippen LogP contribution in [-0.2, 0) is 9.59 Å². The molecule has 0 saturated heterocycles. The highest BCUT2D eigenvalue weighted by molar-refractivity contribution is 6.39. The topological polar surface area (TPSA) is 88.8 Å². The number of hydrogen-bond donors (Lipinski definition) is 2. The predicted molar refractivity (Wildman–Crippen MR) is 104 cm³/mol. The van der Waals surface area contributed by atoms with Gasteiger partial charge in [-0.1, -0.05) is 0 Å². The lowest BCUT2D eigenvalue weighted by Crippen LogP contribution is -2.46. The van der Waals surface area contributed by atoms with Crippen molar-refractivity contribution in [1.82, 2.24) is 0 Å². The number of ketones is 2. The zero-order chi connectivity index (χ0) is 20.6. The molecule has 8 heteroatoms. The molecule has 2 aromatic heterocycles. The fourth-order valence-electron chi connectivity index (χ4n) is 2.87. The van der Waals surface area contributed by atoms with E-state index in [0.29, 0.717) is 0 Å². The summed E-state index contributed by atoms with van der Waals surface area (Å²) in [5, 5.41) is 20.9. The first kappa shape index (κ1) is 19.1. The van der Waals surface area contributed by atoms with Gasteiger partial charge in [-0.3, -0.25) is 9.59 Å². The number of Topliss-reactive ketones (excluding diaryl/α,β-unsaturated/α-hetero) is 2. The van der Waals surface area contributed by atoms with Crippen LogP contribution in [0.5, 0.6) is 0 Å². The first-order chi connectivity index (χ1) is 13.2. The molecule has 0 fully saturated rings. The molecular weight excluding hydrogens is 360 g/mol. The molecule has 1 aliphatic rings. The molecule has 0 aromatic carbocycles. The van der Waals surface area contributed by atoms with Crippen LogP contribution in [0, 0.1) is 0 Å². The fraction of sp³-hybridized carbons (Fsp3) is 0.200. The molecule has 0 unspecified atom stereocenters. The lowest BCUT2D eigenvalue weighted by Gasteiger charge is -2.13. The summed E-state index contributed by atoms with van der Waals surface area (Å²) in [5.74, 6) is -3.10. The summed E-state index contributed by atoms with van der Waals surface area (Å²) in [4.78, 5) is 29.2. The second-order valence-corrected chi connectivity index (χ2v) is 6.77. The summed E-state index contributed by atoms with van der Waals surface area (Å²) in [6.45, 7) is 0. The maximum Gasteiger partial charge on any atom is 0.309 e. The van der Waals surface area contributed by atoms with Crippen molar-refractivity contribution in [3.8, 4) is 0 Å². The van der Waals surface area contributed by atoms with Crippen LogP contribution in [0.3, 0.4) is 0 Å². The van der Waals surface area contributed by atoms with E-state index in [-0.39, 0.29) is 11.4 Å². The molecule has 0 radical (unpaired) electrons. The normalized spacial score (nSPS) is 14.6. The predicted octanol–water partition coefficient (Wildman–Crippen LogP) is 0.699. The number of carbonyl (C=O) groups is 2. The molecule has 0 aliphatic heterocycles. The Balaban J connectivity index is 2.03. The maximum atomic E-state index is 12.7. The second kappa shape index (κ2) is 7.15. The van der Waals surface area contributed by atoms with E-state index in [4.69, 9.17) is 0 Å². The Bertz CT molecular complexity index is 920. The van der Waals surface area contributed by atoms with Gasteiger partial charge in [-0.05, 0) is 0 Å². The highest BCUT2D eigenvalue weighted by Gasteiger charge is 2.46. The summed E-state index contributed by atoms with van der Waals surface area (Å²) in [7, 11) is 7.47. The van der Waals surface area contributed by atoms with E-state index in [9.17, 15) is 19.8 Å². The molecule has 2 aromatic rings. The van der Waals surface area contributed by atoms with Crippen molar-refractivity contribution in [3.63, 3.8) is 0 Å². The van der Waals surface area contributed by atoms with E-state index in [1.807, 2.05) is 38.0 Å². The second-order valence-electron chi connectivity index (χ2n) is 6.77. The Morgan fingerprint density at radius 1 is 0.643 bits per heavy atom. The van der Waals surface area contributed by atoms with Gasteiger partial charge in [0.05, 0.1) is 0 Å². The molecule has 0 saturated carbocycles. The molecule has 144 valence electrons. The molecule has 0 amide bonds. The van der Waals surface area contributed by atoms with E-state index in [1.165, 1.54) is 9.13 Å². The van der Waals surface area contributed by atoms with Crippen LogP contribution in [0.2, 0.25) is 0 Å². The Morgan fingerprint density at radius 2 is 0.929 bits per heavy atom. The number of aromatic nitrogens is 2. The summed E-state index contributed by atoms with van der Waals surface area (Å²) < 4.78 is 2.63. The lowest BCUT2D eigenvalue weighted by atomic mass is 10.0. The first-order valence-electron chi connectivity index (χ1n) is 8.56. The van der Waals surface area contributed by atoms with Crippen molar-refractivity contribution >= 4 is 34.3 Å². The molecule has 28 heavy (non-hydrogen) atoms. The zero-order valence-electron chi connectivity index (χ0n) is 16.1. The monoisotopic (exact) mass is 382 g/mol. The van der Waals surface area contributed by atoms with Crippen molar-refractivity contribution in [2.24, 2.45) is 0 Å². The van der Waals surface area contributed by atoms with Gasteiger partial charge in [-0.15, -0.1) is 0 Å². The Hall–Kier alpha value is -3.68. The molecule has 0 atom stereocenters. The highest BCUT2D eigenvalue weighted by Crippen LogP contribution is 2.23. The SMILES string of the molecule is CN(C)c1cc[n+](C2=C(O)C(=O)C([n+]3ccc(N(C)C)cc3)=C(O)C2=O)cc1. The van der Waals surface area contributed by atoms with Crippen LogP contribution in [0.15, 0.2) is 60.6 Å². The number of pyridine rings is 2. The lowest BCUT2D eigenvalue weighted by molar-refractivity contribution is -0.582. The molecule has 2 heterocycles. The van der Waals surface area contributed by atoms with E-state index >= 15 is 0 Å². The molecule has 1 aliphatic carbocycles. The first-order valence-corrected chi connectivity index (χ1v) is 8.56. The van der Waals surface area contributed by atoms with Crippen molar-refractivity contribution in [1.29, 1.82) is 0 Å².